The number of halogens is 1. The maximum atomic E-state index is 13.8. The maximum absolute atomic E-state index is 13.8. The molecule has 0 unspecified atom stereocenters. The number of anilines is 1. The maximum Gasteiger partial charge on any atom is 0.310 e. The van der Waals surface area contributed by atoms with E-state index in [0.29, 0.717) is 31.9 Å². The van der Waals surface area contributed by atoms with Gasteiger partial charge in [0.1, 0.15) is 24.1 Å². The molecule has 8 heteroatoms. The lowest BCUT2D eigenvalue weighted by Crippen LogP contribution is -2.47. The lowest BCUT2D eigenvalue weighted by molar-refractivity contribution is -0.385. The topological polar surface area (TPSA) is 82.6 Å². The second kappa shape index (κ2) is 8.47. The van der Waals surface area contributed by atoms with Gasteiger partial charge in [-0.25, -0.2) is 4.39 Å². The van der Waals surface area contributed by atoms with Crippen LogP contribution in [-0.2, 0) is 0 Å². The average molecular weight is 370 g/mol. The number of hydrogen-bond donors (Lipinski definition) is 0. The van der Waals surface area contributed by atoms with Crippen molar-refractivity contribution in [3.05, 3.63) is 64.0 Å². The summed E-state index contributed by atoms with van der Waals surface area (Å²) in [5.41, 5.74) is 0.649. The lowest BCUT2D eigenvalue weighted by atomic mass is 10.1. The van der Waals surface area contributed by atoms with Crippen molar-refractivity contribution in [3.8, 4) is 11.8 Å². The molecule has 2 aromatic carbocycles. The fourth-order valence-corrected chi connectivity index (χ4v) is 3.11. The summed E-state index contributed by atoms with van der Waals surface area (Å²) in [4.78, 5) is 14.7. The van der Waals surface area contributed by atoms with E-state index in [2.05, 4.69) is 4.90 Å². The number of para-hydroxylation sites is 2. The first-order chi connectivity index (χ1) is 13.1. The number of nitriles is 1. The van der Waals surface area contributed by atoms with Crippen molar-refractivity contribution in [3.63, 3.8) is 0 Å². The van der Waals surface area contributed by atoms with E-state index in [9.17, 15) is 19.8 Å². The van der Waals surface area contributed by atoms with Gasteiger partial charge >= 0.3 is 5.69 Å². The first-order valence-corrected chi connectivity index (χ1v) is 8.62. The monoisotopic (exact) mass is 370 g/mol. The third-order valence-corrected chi connectivity index (χ3v) is 4.54. The normalized spacial score (nSPS) is 14.6. The summed E-state index contributed by atoms with van der Waals surface area (Å²) >= 11 is 0. The summed E-state index contributed by atoms with van der Waals surface area (Å²) in [5, 5.41) is 20.2. The van der Waals surface area contributed by atoms with E-state index in [1.165, 1.54) is 12.1 Å². The van der Waals surface area contributed by atoms with Crippen molar-refractivity contribution in [2.45, 2.75) is 0 Å². The van der Waals surface area contributed by atoms with E-state index in [1.54, 1.807) is 30.3 Å². The summed E-state index contributed by atoms with van der Waals surface area (Å²) < 4.78 is 19.4. The number of rotatable bonds is 6. The Labute approximate surface area is 156 Å². The Balaban J connectivity index is 1.52. The Kier molecular flexibility index (Phi) is 5.84. The van der Waals surface area contributed by atoms with Gasteiger partial charge in [-0.1, -0.05) is 18.2 Å². The van der Waals surface area contributed by atoms with Gasteiger partial charge < -0.3 is 9.64 Å². The van der Waals surface area contributed by atoms with E-state index < -0.39 is 10.7 Å². The number of nitro groups is 1. The zero-order chi connectivity index (χ0) is 19.2. The first kappa shape index (κ1) is 18.6. The van der Waals surface area contributed by atoms with Gasteiger partial charge in [-0.2, -0.15) is 5.26 Å². The summed E-state index contributed by atoms with van der Waals surface area (Å²) in [6.07, 6.45) is 0. The minimum atomic E-state index is -0.504. The van der Waals surface area contributed by atoms with Crippen LogP contribution in [0, 0.1) is 27.3 Å². The van der Waals surface area contributed by atoms with E-state index in [0.717, 1.165) is 13.1 Å². The van der Waals surface area contributed by atoms with Gasteiger partial charge in [0, 0.05) is 38.8 Å². The van der Waals surface area contributed by atoms with Crippen LogP contribution < -0.4 is 9.64 Å². The summed E-state index contributed by atoms with van der Waals surface area (Å²) in [7, 11) is 0. The number of piperazine rings is 1. The van der Waals surface area contributed by atoms with Crippen LogP contribution in [0.2, 0.25) is 0 Å². The number of benzene rings is 2. The van der Waals surface area contributed by atoms with Crippen molar-refractivity contribution in [1.29, 1.82) is 5.26 Å². The predicted octanol–water partition coefficient (Wildman–Crippen LogP) is 2.81. The molecule has 7 nitrogen and oxygen atoms in total. The largest absolute Gasteiger partial charge is 0.485 e. The molecule has 0 N–H and O–H groups in total. The second-order valence-corrected chi connectivity index (χ2v) is 6.15. The summed E-state index contributed by atoms with van der Waals surface area (Å²) in [5.74, 6) is -0.241. The second-order valence-electron chi connectivity index (χ2n) is 6.15. The summed E-state index contributed by atoms with van der Waals surface area (Å²) in [6.45, 7) is 3.79. The molecular formula is C19H19FN4O3. The van der Waals surface area contributed by atoms with Gasteiger partial charge in [-0.15, -0.1) is 0 Å². The van der Waals surface area contributed by atoms with Gasteiger partial charge in [0.25, 0.3) is 0 Å². The molecule has 0 saturated carbocycles. The molecule has 1 aliphatic heterocycles. The third-order valence-electron chi connectivity index (χ3n) is 4.54. The highest BCUT2D eigenvalue weighted by Crippen LogP contribution is 2.26. The van der Waals surface area contributed by atoms with E-state index >= 15 is 0 Å². The van der Waals surface area contributed by atoms with Crippen LogP contribution in [0.25, 0.3) is 0 Å². The van der Waals surface area contributed by atoms with E-state index in [-0.39, 0.29) is 17.0 Å². The number of nitro benzene ring substituents is 1. The molecule has 0 radical (unpaired) electrons. The van der Waals surface area contributed by atoms with Crippen LogP contribution in [0.1, 0.15) is 5.56 Å². The van der Waals surface area contributed by atoms with Crippen LogP contribution >= 0.6 is 0 Å². The highest BCUT2D eigenvalue weighted by Gasteiger charge is 2.21. The molecule has 0 spiro atoms. The SMILES string of the molecule is N#Cc1c(F)cccc1N1CCN(CCOc2ccccc2[N+](=O)[O-])CC1. The van der Waals surface area contributed by atoms with Gasteiger partial charge in [-0.3, -0.25) is 15.0 Å². The Hall–Kier alpha value is -3.18. The molecule has 0 amide bonds. The van der Waals surface area contributed by atoms with Crippen molar-refractivity contribution in [2.75, 3.05) is 44.2 Å². The van der Waals surface area contributed by atoms with Crippen molar-refractivity contribution >= 4 is 11.4 Å². The Morgan fingerprint density at radius 1 is 1.15 bits per heavy atom. The van der Waals surface area contributed by atoms with Crippen molar-refractivity contribution in [2.24, 2.45) is 0 Å². The van der Waals surface area contributed by atoms with Gasteiger partial charge in [0.05, 0.1) is 10.6 Å². The number of hydrogen-bond acceptors (Lipinski definition) is 6. The molecule has 27 heavy (non-hydrogen) atoms. The van der Waals surface area contributed by atoms with Crippen LogP contribution in [0.15, 0.2) is 42.5 Å². The molecule has 1 heterocycles. The molecule has 0 atom stereocenters. The fraction of sp³-hybridized carbons (Fsp3) is 0.316. The quantitative estimate of drug-likeness (QED) is 0.574. The highest BCUT2D eigenvalue weighted by atomic mass is 19.1. The first-order valence-electron chi connectivity index (χ1n) is 8.62. The molecule has 1 saturated heterocycles. The highest BCUT2D eigenvalue weighted by molar-refractivity contribution is 5.60. The van der Waals surface area contributed by atoms with Crippen LogP contribution in [-0.4, -0.2) is 49.2 Å². The van der Waals surface area contributed by atoms with E-state index in [1.807, 2.05) is 11.0 Å². The average Bonchev–Trinajstić information content (AvgIpc) is 2.68. The zero-order valence-corrected chi connectivity index (χ0v) is 14.7. The van der Waals surface area contributed by atoms with Crippen LogP contribution in [0.3, 0.4) is 0 Å². The molecule has 1 aliphatic rings. The Bertz CT molecular complexity index is 860. The molecule has 0 bridgehead atoms. The van der Waals surface area contributed by atoms with Gasteiger partial charge in [-0.05, 0) is 18.2 Å². The molecule has 140 valence electrons. The molecule has 3 rings (SSSR count). The standard InChI is InChI=1S/C19H19FN4O3/c20-16-4-3-6-17(15(16)14-21)23-10-8-22(9-11-23)12-13-27-19-7-2-1-5-18(19)24(25)26/h1-7H,8-13H2. The lowest BCUT2D eigenvalue weighted by Gasteiger charge is -2.36. The third kappa shape index (κ3) is 4.33. The molecule has 2 aromatic rings. The fourth-order valence-electron chi connectivity index (χ4n) is 3.11. The smallest absolute Gasteiger partial charge is 0.310 e. The Morgan fingerprint density at radius 3 is 2.59 bits per heavy atom. The summed E-state index contributed by atoms with van der Waals surface area (Å²) in [6, 6.07) is 12.9. The molecule has 0 aromatic heterocycles. The predicted molar refractivity (Wildman–Crippen MR) is 98.4 cm³/mol. The van der Waals surface area contributed by atoms with Gasteiger partial charge in [0.15, 0.2) is 5.75 Å². The number of ether oxygens (including phenoxy) is 1. The van der Waals surface area contributed by atoms with Gasteiger partial charge in [0.2, 0.25) is 0 Å². The Morgan fingerprint density at radius 2 is 1.89 bits per heavy atom. The van der Waals surface area contributed by atoms with Crippen LogP contribution in [0.5, 0.6) is 5.75 Å². The molecule has 0 aliphatic carbocycles. The minimum absolute atomic E-state index is 0.0440. The number of nitrogens with zero attached hydrogens (tertiary/aromatic N) is 4. The minimum Gasteiger partial charge on any atom is -0.485 e. The van der Waals surface area contributed by atoms with E-state index in [4.69, 9.17) is 4.74 Å². The van der Waals surface area contributed by atoms with Crippen molar-refractivity contribution in [1.82, 2.24) is 4.90 Å². The van der Waals surface area contributed by atoms with Crippen LogP contribution in [0.4, 0.5) is 15.8 Å². The molecular weight excluding hydrogens is 351 g/mol. The molecule has 1 fully saturated rings. The zero-order valence-electron chi connectivity index (χ0n) is 14.7. The van der Waals surface area contributed by atoms with Crippen molar-refractivity contribution < 1.29 is 14.1 Å².